The highest BCUT2D eigenvalue weighted by atomic mass is 15.0. The largest absolute Gasteiger partial charge is 0.328 e. The van der Waals surface area contributed by atoms with Crippen LogP contribution in [0, 0.1) is 5.41 Å². The molecule has 0 aliphatic carbocycles. The Hall–Kier alpha value is -1.64. The molecule has 0 bridgehead atoms. The number of nitrogens with one attached hydrogen (secondary N) is 1. The summed E-state index contributed by atoms with van der Waals surface area (Å²) in [5.41, 5.74) is 2.41. The van der Waals surface area contributed by atoms with Crippen LogP contribution in [-0.4, -0.2) is 9.55 Å². The van der Waals surface area contributed by atoms with Crippen LogP contribution >= 0.6 is 0 Å². The van der Waals surface area contributed by atoms with E-state index in [1.165, 1.54) is 0 Å². The first-order chi connectivity index (χ1) is 5.79. The second kappa shape index (κ2) is 2.44. The molecule has 2 rings (SSSR count). The van der Waals surface area contributed by atoms with E-state index in [-0.39, 0.29) is 0 Å². The van der Waals surface area contributed by atoms with Crippen molar-refractivity contribution in [3.63, 3.8) is 0 Å². The number of nitrogens with zero attached hydrogens (tertiary/aromatic N) is 2. The molecule has 2 aromatic heterocycles. The third-order valence-electron chi connectivity index (χ3n) is 1.94. The molecule has 0 aliphatic heterocycles. The number of hydrogen-bond donors (Lipinski definition) is 1. The van der Waals surface area contributed by atoms with E-state index < -0.39 is 0 Å². The third-order valence-corrected chi connectivity index (χ3v) is 1.94. The average molecular weight is 159 g/mol. The molecule has 0 unspecified atom stereocenters. The van der Waals surface area contributed by atoms with Crippen LogP contribution in [0.4, 0.5) is 0 Å². The minimum absolute atomic E-state index is 0.496. The summed E-state index contributed by atoms with van der Waals surface area (Å²) < 4.78 is 1.81. The van der Waals surface area contributed by atoms with E-state index in [0.29, 0.717) is 5.49 Å². The van der Waals surface area contributed by atoms with Gasteiger partial charge < -0.3 is 4.57 Å². The normalized spacial score (nSPS) is 10.4. The van der Waals surface area contributed by atoms with Crippen molar-refractivity contribution in [2.45, 2.75) is 0 Å². The highest BCUT2D eigenvalue weighted by Crippen LogP contribution is 2.05. The number of hydrogen-bond acceptors (Lipinski definition) is 2. The first-order valence-electron chi connectivity index (χ1n) is 3.74. The first kappa shape index (κ1) is 7.03. The van der Waals surface area contributed by atoms with Gasteiger partial charge in [0.15, 0.2) is 0 Å². The number of fused-ring (bicyclic) bond motifs is 1. The molecule has 0 aromatic carbocycles. The van der Waals surface area contributed by atoms with Gasteiger partial charge in [-0.05, 0) is 24.3 Å². The van der Waals surface area contributed by atoms with Gasteiger partial charge in [0, 0.05) is 13.2 Å². The maximum absolute atomic E-state index is 7.54. The topological polar surface area (TPSA) is 41.7 Å². The predicted molar refractivity (Wildman–Crippen MR) is 46.6 cm³/mol. The van der Waals surface area contributed by atoms with Gasteiger partial charge in [-0.1, -0.05) is 0 Å². The Kier molecular flexibility index (Phi) is 1.43. The molecule has 0 spiro atoms. The maximum Gasteiger partial charge on any atom is 0.124 e. The Labute approximate surface area is 69.8 Å². The summed E-state index contributed by atoms with van der Waals surface area (Å²) in [5.74, 6) is 0. The van der Waals surface area contributed by atoms with Gasteiger partial charge in [0.2, 0.25) is 0 Å². The van der Waals surface area contributed by atoms with Gasteiger partial charge >= 0.3 is 0 Å². The van der Waals surface area contributed by atoms with Crippen molar-refractivity contribution in [2.75, 3.05) is 0 Å². The summed E-state index contributed by atoms with van der Waals surface area (Å²) in [6.07, 6.45) is 1.76. The van der Waals surface area contributed by atoms with E-state index in [2.05, 4.69) is 4.98 Å². The van der Waals surface area contributed by atoms with Gasteiger partial charge in [-0.2, -0.15) is 0 Å². The Morgan fingerprint density at radius 3 is 3.00 bits per heavy atom. The molecular weight excluding hydrogens is 150 g/mol. The zero-order valence-electron chi connectivity index (χ0n) is 6.78. The van der Waals surface area contributed by atoms with Crippen molar-refractivity contribution in [1.82, 2.24) is 9.55 Å². The van der Waals surface area contributed by atoms with Gasteiger partial charge in [0.25, 0.3) is 0 Å². The van der Waals surface area contributed by atoms with Crippen LogP contribution in [-0.2, 0) is 7.05 Å². The molecule has 2 heterocycles. The quantitative estimate of drug-likeness (QED) is 0.613. The number of aryl methyl sites for hydroxylation is 1. The van der Waals surface area contributed by atoms with E-state index in [9.17, 15) is 0 Å². The Morgan fingerprint density at radius 2 is 2.17 bits per heavy atom. The zero-order valence-corrected chi connectivity index (χ0v) is 6.78. The number of aromatic nitrogens is 2. The summed E-state index contributed by atoms with van der Waals surface area (Å²) >= 11 is 0. The minimum atomic E-state index is 0.496. The third kappa shape index (κ3) is 0.906. The van der Waals surface area contributed by atoms with Crippen LogP contribution in [0.3, 0.4) is 0 Å². The van der Waals surface area contributed by atoms with E-state index >= 15 is 0 Å². The van der Waals surface area contributed by atoms with Crippen molar-refractivity contribution >= 4 is 11.0 Å². The molecule has 0 aliphatic rings. The van der Waals surface area contributed by atoms with Crippen LogP contribution in [0.1, 0.15) is 0 Å². The SMILES string of the molecule is Cn1c(=N)ccc2ncccc21. The highest BCUT2D eigenvalue weighted by Gasteiger charge is 1.94. The second-order valence-corrected chi connectivity index (χ2v) is 2.69. The molecule has 3 nitrogen and oxygen atoms in total. The van der Waals surface area contributed by atoms with E-state index in [0.717, 1.165) is 11.0 Å². The van der Waals surface area contributed by atoms with Gasteiger partial charge in [-0.3, -0.25) is 10.4 Å². The fourth-order valence-corrected chi connectivity index (χ4v) is 1.22. The molecule has 3 heteroatoms. The fraction of sp³-hybridized carbons (Fsp3) is 0.111. The molecule has 0 saturated carbocycles. The lowest BCUT2D eigenvalue weighted by Crippen LogP contribution is -2.15. The average Bonchev–Trinajstić information content (AvgIpc) is 2.12. The molecular formula is C9H9N3. The molecule has 0 saturated heterocycles. The van der Waals surface area contributed by atoms with Crippen LogP contribution in [0.2, 0.25) is 0 Å². The summed E-state index contributed by atoms with van der Waals surface area (Å²) in [6, 6.07) is 7.44. The molecule has 2 aromatic rings. The Balaban J connectivity index is 3.01. The van der Waals surface area contributed by atoms with E-state index in [1.807, 2.05) is 29.8 Å². The molecule has 0 amide bonds. The molecule has 60 valence electrons. The lowest BCUT2D eigenvalue weighted by molar-refractivity contribution is 0.854. The fourth-order valence-electron chi connectivity index (χ4n) is 1.22. The highest BCUT2D eigenvalue weighted by molar-refractivity contribution is 5.73. The van der Waals surface area contributed by atoms with Crippen LogP contribution in [0.15, 0.2) is 30.5 Å². The van der Waals surface area contributed by atoms with E-state index in [4.69, 9.17) is 5.41 Å². The summed E-state index contributed by atoms with van der Waals surface area (Å²) in [4.78, 5) is 4.18. The van der Waals surface area contributed by atoms with Crippen LogP contribution in [0.25, 0.3) is 11.0 Å². The lowest BCUT2D eigenvalue weighted by Gasteiger charge is -2.02. The summed E-state index contributed by atoms with van der Waals surface area (Å²) in [5, 5.41) is 7.54. The number of rotatable bonds is 0. The number of pyridine rings is 2. The molecule has 12 heavy (non-hydrogen) atoms. The monoisotopic (exact) mass is 159 g/mol. The van der Waals surface area contributed by atoms with Crippen molar-refractivity contribution in [3.8, 4) is 0 Å². The smallest absolute Gasteiger partial charge is 0.124 e. The molecule has 1 N–H and O–H groups in total. The predicted octanol–water partition coefficient (Wildman–Crippen LogP) is 1.05. The Bertz CT molecular complexity index is 470. The van der Waals surface area contributed by atoms with Crippen molar-refractivity contribution in [3.05, 3.63) is 36.0 Å². The van der Waals surface area contributed by atoms with Gasteiger partial charge in [-0.15, -0.1) is 0 Å². The van der Waals surface area contributed by atoms with Crippen LogP contribution < -0.4 is 5.49 Å². The zero-order chi connectivity index (χ0) is 8.55. The van der Waals surface area contributed by atoms with Crippen molar-refractivity contribution in [1.29, 1.82) is 5.41 Å². The van der Waals surface area contributed by atoms with Crippen LogP contribution in [0.5, 0.6) is 0 Å². The Morgan fingerprint density at radius 1 is 1.33 bits per heavy atom. The molecule has 0 radical (unpaired) electrons. The first-order valence-corrected chi connectivity index (χ1v) is 3.74. The summed E-state index contributed by atoms with van der Waals surface area (Å²) in [6.45, 7) is 0. The van der Waals surface area contributed by atoms with Gasteiger partial charge in [-0.25, -0.2) is 0 Å². The van der Waals surface area contributed by atoms with Gasteiger partial charge in [0.1, 0.15) is 5.49 Å². The lowest BCUT2D eigenvalue weighted by atomic mass is 10.3. The van der Waals surface area contributed by atoms with Gasteiger partial charge in [0.05, 0.1) is 11.0 Å². The summed E-state index contributed by atoms with van der Waals surface area (Å²) in [7, 11) is 1.87. The maximum atomic E-state index is 7.54. The van der Waals surface area contributed by atoms with Crippen molar-refractivity contribution in [2.24, 2.45) is 7.05 Å². The van der Waals surface area contributed by atoms with E-state index in [1.54, 1.807) is 12.3 Å². The molecule has 0 fully saturated rings. The molecule has 0 atom stereocenters. The second-order valence-electron chi connectivity index (χ2n) is 2.69. The standard InChI is InChI=1S/C9H9N3/c1-12-8-3-2-6-11-7(8)4-5-9(12)10/h2-6,10H,1H3. The van der Waals surface area contributed by atoms with Crippen molar-refractivity contribution < 1.29 is 0 Å². The minimum Gasteiger partial charge on any atom is -0.328 e.